The SMILES string of the molecule is CCC1(c2ccc(F)cc2)NC(=O)N(CCOc2ccc(C)cc2)C1=O. The third-order valence-electron chi connectivity index (χ3n) is 4.65. The highest BCUT2D eigenvalue weighted by molar-refractivity contribution is 6.07. The van der Waals surface area contributed by atoms with Crippen LogP contribution < -0.4 is 10.1 Å². The van der Waals surface area contributed by atoms with Crippen LogP contribution in [0.1, 0.15) is 24.5 Å². The van der Waals surface area contributed by atoms with Gasteiger partial charge in [0.1, 0.15) is 23.7 Å². The Bertz CT molecular complexity index is 805. The van der Waals surface area contributed by atoms with E-state index in [2.05, 4.69) is 5.32 Å². The van der Waals surface area contributed by atoms with Gasteiger partial charge in [-0.2, -0.15) is 0 Å². The summed E-state index contributed by atoms with van der Waals surface area (Å²) in [4.78, 5) is 26.4. The normalized spacial score (nSPS) is 19.6. The summed E-state index contributed by atoms with van der Waals surface area (Å²) < 4.78 is 18.8. The van der Waals surface area contributed by atoms with Gasteiger partial charge in [0, 0.05) is 0 Å². The summed E-state index contributed by atoms with van der Waals surface area (Å²) in [5.41, 5.74) is 0.537. The summed E-state index contributed by atoms with van der Waals surface area (Å²) in [5, 5.41) is 2.77. The quantitative estimate of drug-likeness (QED) is 0.808. The van der Waals surface area contributed by atoms with E-state index in [1.165, 1.54) is 24.3 Å². The molecule has 0 aliphatic carbocycles. The highest BCUT2D eigenvalue weighted by atomic mass is 19.1. The van der Waals surface area contributed by atoms with E-state index < -0.39 is 11.6 Å². The molecule has 0 aromatic heterocycles. The summed E-state index contributed by atoms with van der Waals surface area (Å²) in [7, 11) is 0. The van der Waals surface area contributed by atoms with Crippen molar-refractivity contribution in [1.29, 1.82) is 0 Å². The number of rotatable bonds is 6. The Balaban J connectivity index is 1.71. The van der Waals surface area contributed by atoms with Gasteiger partial charge in [-0.15, -0.1) is 0 Å². The van der Waals surface area contributed by atoms with Gasteiger partial charge in [-0.25, -0.2) is 9.18 Å². The molecule has 1 N–H and O–H groups in total. The molecule has 6 heteroatoms. The Hall–Kier alpha value is -2.89. The number of carbonyl (C=O) groups is 2. The molecule has 1 unspecified atom stereocenters. The van der Waals surface area contributed by atoms with E-state index >= 15 is 0 Å². The Kier molecular flexibility index (Phi) is 4.93. The first kappa shape index (κ1) is 17.9. The minimum absolute atomic E-state index is 0.140. The molecule has 2 aromatic rings. The predicted octanol–water partition coefficient (Wildman–Crippen LogP) is 3.37. The minimum Gasteiger partial charge on any atom is -0.492 e. The second kappa shape index (κ2) is 7.15. The van der Waals surface area contributed by atoms with Crippen LogP contribution in [0.15, 0.2) is 48.5 Å². The van der Waals surface area contributed by atoms with Gasteiger partial charge in [-0.3, -0.25) is 9.69 Å². The molecule has 1 aliphatic heterocycles. The Morgan fingerprint density at radius 1 is 1.08 bits per heavy atom. The lowest BCUT2D eigenvalue weighted by molar-refractivity contribution is -0.132. The molecule has 0 radical (unpaired) electrons. The van der Waals surface area contributed by atoms with E-state index in [9.17, 15) is 14.0 Å². The number of nitrogens with one attached hydrogen (secondary N) is 1. The van der Waals surface area contributed by atoms with Gasteiger partial charge < -0.3 is 10.1 Å². The largest absolute Gasteiger partial charge is 0.492 e. The monoisotopic (exact) mass is 356 g/mol. The van der Waals surface area contributed by atoms with Gasteiger partial charge in [0.2, 0.25) is 0 Å². The number of urea groups is 1. The zero-order valence-electron chi connectivity index (χ0n) is 14.8. The van der Waals surface area contributed by atoms with Crippen LogP contribution in [0.2, 0.25) is 0 Å². The number of hydrogen-bond acceptors (Lipinski definition) is 3. The second-order valence-corrected chi connectivity index (χ2v) is 6.31. The zero-order valence-corrected chi connectivity index (χ0v) is 14.8. The van der Waals surface area contributed by atoms with Crippen molar-refractivity contribution in [1.82, 2.24) is 10.2 Å². The van der Waals surface area contributed by atoms with Gasteiger partial charge >= 0.3 is 6.03 Å². The van der Waals surface area contributed by atoms with Crippen LogP contribution in [0.3, 0.4) is 0 Å². The third-order valence-corrected chi connectivity index (χ3v) is 4.65. The minimum atomic E-state index is -1.16. The van der Waals surface area contributed by atoms with Crippen molar-refractivity contribution in [2.24, 2.45) is 0 Å². The van der Waals surface area contributed by atoms with Crippen LogP contribution in [0, 0.1) is 12.7 Å². The van der Waals surface area contributed by atoms with Crippen LogP contribution in [0.5, 0.6) is 5.75 Å². The summed E-state index contributed by atoms with van der Waals surface area (Å²) >= 11 is 0. The zero-order chi connectivity index (χ0) is 18.7. The van der Waals surface area contributed by atoms with Crippen molar-refractivity contribution in [3.05, 3.63) is 65.5 Å². The number of halogens is 1. The molecular weight excluding hydrogens is 335 g/mol. The molecule has 1 heterocycles. The first-order valence-electron chi connectivity index (χ1n) is 8.56. The van der Waals surface area contributed by atoms with Gasteiger partial charge in [0.25, 0.3) is 5.91 Å². The molecule has 3 rings (SSSR count). The molecule has 1 fully saturated rings. The van der Waals surface area contributed by atoms with Crippen molar-refractivity contribution in [2.45, 2.75) is 25.8 Å². The lowest BCUT2D eigenvalue weighted by atomic mass is 9.87. The van der Waals surface area contributed by atoms with Crippen LogP contribution in [-0.2, 0) is 10.3 Å². The van der Waals surface area contributed by atoms with E-state index in [4.69, 9.17) is 4.74 Å². The molecule has 136 valence electrons. The topological polar surface area (TPSA) is 58.6 Å². The van der Waals surface area contributed by atoms with E-state index in [0.717, 1.165) is 10.5 Å². The highest BCUT2D eigenvalue weighted by Gasteiger charge is 2.51. The van der Waals surface area contributed by atoms with E-state index in [1.54, 1.807) is 0 Å². The lowest BCUT2D eigenvalue weighted by Gasteiger charge is -2.25. The smallest absolute Gasteiger partial charge is 0.325 e. The molecular formula is C20H21FN2O3. The lowest BCUT2D eigenvalue weighted by Crippen LogP contribution is -2.43. The van der Waals surface area contributed by atoms with Gasteiger partial charge in [-0.1, -0.05) is 36.8 Å². The number of carbonyl (C=O) groups excluding carboxylic acids is 2. The van der Waals surface area contributed by atoms with Gasteiger partial charge in [-0.05, 0) is 43.2 Å². The molecule has 1 saturated heterocycles. The fourth-order valence-electron chi connectivity index (χ4n) is 3.09. The maximum atomic E-state index is 13.2. The molecule has 1 aliphatic rings. The number of ether oxygens (including phenoxy) is 1. The number of nitrogens with zero attached hydrogens (tertiary/aromatic N) is 1. The fraction of sp³-hybridized carbons (Fsp3) is 0.300. The summed E-state index contributed by atoms with van der Waals surface area (Å²) in [6.45, 7) is 4.14. The van der Waals surface area contributed by atoms with E-state index in [1.807, 2.05) is 38.1 Å². The summed E-state index contributed by atoms with van der Waals surface area (Å²) in [6, 6.07) is 12.7. The number of amides is 3. The number of hydrogen-bond donors (Lipinski definition) is 1. The average Bonchev–Trinajstić information content (AvgIpc) is 2.89. The van der Waals surface area contributed by atoms with Crippen molar-refractivity contribution in [3.63, 3.8) is 0 Å². The fourth-order valence-corrected chi connectivity index (χ4v) is 3.09. The van der Waals surface area contributed by atoms with Crippen molar-refractivity contribution >= 4 is 11.9 Å². The van der Waals surface area contributed by atoms with Crippen molar-refractivity contribution < 1.29 is 18.7 Å². The summed E-state index contributed by atoms with van der Waals surface area (Å²) in [5.74, 6) is -0.0489. The molecule has 2 aromatic carbocycles. The maximum absolute atomic E-state index is 13.2. The molecule has 3 amide bonds. The van der Waals surface area contributed by atoms with Gasteiger partial charge in [0.15, 0.2) is 0 Å². The van der Waals surface area contributed by atoms with Crippen molar-refractivity contribution in [2.75, 3.05) is 13.2 Å². The molecule has 26 heavy (non-hydrogen) atoms. The van der Waals surface area contributed by atoms with E-state index in [0.29, 0.717) is 17.7 Å². The van der Waals surface area contributed by atoms with Crippen LogP contribution in [-0.4, -0.2) is 30.0 Å². The Morgan fingerprint density at radius 3 is 2.35 bits per heavy atom. The molecule has 0 saturated carbocycles. The second-order valence-electron chi connectivity index (χ2n) is 6.31. The number of aryl methyl sites for hydroxylation is 1. The highest BCUT2D eigenvalue weighted by Crippen LogP contribution is 2.32. The molecule has 0 spiro atoms. The Labute approximate surface area is 151 Å². The van der Waals surface area contributed by atoms with Crippen LogP contribution in [0.25, 0.3) is 0 Å². The third kappa shape index (κ3) is 3.27. The first-order valence-corrected chi connectivity index (χ1v) is 8.56. The molecule has 1 atom stereocenters. The first-order chi connectivity index (χ1) is 12.5. The predicted molar refractivity (Wildman–Crippen MR) is 95.3 cm³/mol. The number of benzene rings is 2. The summed E-state index contributed by atoms with van der Waals surface area (Å²) in [6.07, 6.45) is 0.374. The van der Waals surface area contributed by atoms with Crippen molar-refractivity contribution in [3.8, 4) is 5.75 Å². The van der Waals surface area contributed by atoms with Crippen LogP contribution in [0.4, 0.5) is 9.18 Å². The average molecular weight is 356 g/mol. The maximum Gasteiger partial charge on any atom is 0.325 e. The molecule has 0 bridgehead atoms. The number of imide groups is 1. The van der Waals surface area contributed by atoms with Gasteiger partial charge in [0.05, 0.1) is 6.54 Å². The standard InChI is InChI=1S/C20H21FN2O3/c1-3-20(15-6-8-16(21)9-7-15)18(24)23(19(25)22-20)12-13-26-17-10-4-14(2)5-11-17/h4-11H,3,12-13H2,1-2H3,(H,22,25). The van der Waals surface area contributed by atoms with Crippen LogP contribution >= 0.6 is 0 Å². The molecule has 5 nitrogen and oxygen atoms in total. The Morgan fingerprint density at radius 2 is 1.73 bits per heavy atom. The van der Waals surface area contributed by atoms with E-state index in [-0.39, 0.29) is 24.9 Å².